The highest BCUT2D eigenvalue weighted by Gasteiger charge is 2.14. The van der Waals surface area contributed by atoms with Crippen molar-refractivity contribution in [2.45, 2.75) is 6.54 Å². The number of hydrogen-bond donors (Lipinski definition) is 1. The topological polar surface area (TPSA) is 102 Å². The summed E-state index contributed by atoms with van der Waals surface area (Å²) in [4.78, 5) is 4.09. The number of sulfonamides is 1. The molecule has 1 heterocycles. The number of aromatic nitrogens is 2. The summed E-state index contributed by atoms with van der Waals surface area (Å²) in [6.45, 7) is 0.163. The van der Waals surface area contributed by atoms with Crippen LogP contribution in [0.1, 0.15) is 5.89 Å². The number of benzene rings is 1. The Kier molecular flexibility index (Phi) is 3.54. The van der Waals surface area contributed by atoms with E-state index in [1.807, 2.05) is 0 Å². The van der Waals surface area contributed by atoms with Crippen LogP contribution in [0.2, 0.25) is 0 Å². The van der Waals surface area contributed by atoms with Gasteiger partial charge >= 0.3 is 0 Å². The van der Waals surface area contributed by atoms with Gasteiger partial charge in [0.1, 0.15) is 0 Å². The van der Waals surface area contributed by atoms with Gasteiger partial charge < -0.3 is 10.3 Å². The molecule has 0 aliphatic carbocycles. The molecule has 8 heteroatoms. The lowest BCUT2D eigenvalue weighted by atomic mass is 10.2. The molecule has 0 spiro atoms. The SMILES string of the molecule is CN(c1cccc(-c2noc(CN)n2)c1)S(C)(=O)=O. The van der Waals surface area contributed by atoms with Crippen molar-refractivity contribution < 1.29 is 12.9 Å². The Balaban J connectivity index is 2.39. The molecule has 0 bridgehead atoms. The minimum Gasteiger partial charge on any atom is -0.338 e. The van der Waals surface area contributed by atoms with Gasteiger partial charge in [0.15, 0.2) is 0 Å². The molecule has 0 saturated carbocycles. The Hall–Kier alpha value is -1.93. The molecule has 0 radical (unpaired) electrons. The van der Waals surface area contributed by atoms with Crippen molar-refractivity contribution in [3.05, 3.63) is 30.2 Å². The van der Waals surface area contributed by atoms with Crippen LogP contribution in [0.15, 0.2) is 28.8 Å². The number of nitrogens with zero attached hydrogens (tertiary/aromatic N) is 3. The Bertz CT molecular complexity index is 681. The highest BCUT2D eigenvalue weighted by atomic mass is 32.2. The fraction of sp³-hybridized carbons (Fsp3) is 0.273. The monoisotopic (exact) mass is 282 g/mol. The lowest BCUT2D eigenvalue weighted by molar-refractivity contribution is 0.380. The molecule has 102 valence electrons. The normalized spacial score (nSPS) is 11.5. The molecule has 19 heavy (non-hydrogen) atoms. The minimum absolute atomic E-state index is 0.163. The van der Waals surface area contributed by atoms with Crippen LogP contribution >= 0.6 is 0 Å². The van der Waals surface area contributed by atoms with E-state index in [2.05, 4.69) is 10.1 Å². The van der Waals surface area contributed by atoms with Crippen molar-refractivity contribution in [2.75, 3.05) is 17.6 Å². The van der Waals surface area contributed by atoms with Gasteiger partial charge in [-0.05, 0) is 12.1 Å². The lowest BCUT2D eigenvalue weighted by Crippen LogP contribution is -2.24. The summed E-state index contributed by atoms with van der Waals surface area (Å²) < 4.78 is 29.1. The average Bonchev–Trinajstić information content (AvgIpc) is 2.85. The van der Waals surface area contributed by atoms with Gasteiger partial charge in [-0.25, -0.2) is 8.42 Å². The maximum Gasteiger partial charge on any atom is 0.240 e. The summed E-state index contributed by atoms with van der Waals surface area (Å²) in [5, 5.41) is 3.79. The number of anilines is 1. The predicted molar refractivity (Wildman–Crippen MR) is 70.9 cm³/mol. The fourth-order valence-corrected chi connectivity index (χ4v) is 1.98. The number of nitrogens with two attached hydrogens (primary N) is 1. The molecule has 1 aromatic heterocycles. The van der Waals surface area contributed by atoms with Crippen LogP contribution in [0.5, 0.6) is 0 Å². The summed E-state index contributed by atoms with van der Waals surface area (Å²) in [5.74, 6) is 0.709. The highest BCUT2D eigenvalue weighted by Crippen LogP contribution is 2.23. The van der Waals surface area contributed by atoms with Gasteiger partial charge in [0, 0.05) is 12.6 Å². The van der Waals surface area contributed by atoms with E-state index >= 15 is 0 Å². The first-order valence-corrected chi connectivity index (χ1v) is 7.33. The van der Waals surface area contributed by atoms with Crippen LogP contribution in [0.4, 0.5) is 5.69 Å². The van der Waals surface area contributed by atoms with Gasteiger partial charge in [0.25, 0.3) is 0 Å². The maximum absolute atomic E-state index is 11.5. The molecule has 0 aliphatic rings. The molecular weight excluding hydrogens is 268 g/mol. The summed E-state index contributed by atoms with van der Waals surface area (Å²) in [6, 6.07) is 6.86. The third-order valence-corrected chi connectivity index (χ3v) is 3.81. The Morgan fingerprint density at radius 3 is 2.74 bits per heavy atom. The van der Waals surface area contributed by atoms with E-state index in [0.717, 1.165) is 6.26 Å². The van der Waals surface area contributed by atoms with Crippen molar-refractivity contribution in [3.8, 4) is 11.4 Å². The van der Waals surface area contributed by atoms with Crippen molar-refractivity contribution in [2.24, 2.45) is 5.73 Å². The molecule has 2 N–H and O–H groups in total. The molecule has 0 atom stereocenters. The van der Waals surface area contributed by atoms with E-state index in [1.165, 1.54) is 11.4 Å². The van der Waals surface area contributed by atoms with Crippen LogP contribution in [0.3, 0.4) is 0 Å². The molecule has 0 aliphatic heterocycles. The molecule has 1 aromatic carbocycles. The van der Waals surface area contributed by atoms with Gasteiger partial charge in [-0.1, -0.05) is 17.3 Å². The number of hydrogen-bond acceptors (Lipinski definition) is 6. The Morgan fingerprint density at radius 1 is 1.42 bits per heavy atom. The summed E-state index contributed by atoms with van der Waals surface area (Å²) in [6.07, 6.45) is 1.14. The number of rotatable bonds is 4. The summed E-state index contributed by atoms with van der Waals surface area (Å²) in [5.41, 5.74) is 6.58. The van der Waals surface area contributed by atoms with Crippen molar-refractivity contribution in [1.29, 1.82) is 0 Å². The zero-order chi connectivity index (χ0) is 14.0. The maximum atomic E-state index is 11.5. The van der Waals surface area contributed by atoms with Crippen LogP contribution in [-0.2, 0) is 16.6 Å². The summed E-state index contributed by atoms with van der Waals surface area (Å²) in [7, 11) is -1.82. The fourth-order valence-electron chi connectivity index (χ4n) is 1.49. The Morgan fingerprint density at radius 2 is 2.16 bits per heavy atom. The zero-order valence-corrected chi connectivity index (χ0v) is 11.4. The second-order valence-electron chi connectivity index (χ2n) is 4.00. The second kappa shape index (κ2) is 4.98. The van der Waals surface area contributed by atoms with Crippen molar-refractivity contribution in [1.82, 2.24) is 10.1 Å². The third kappa shape index (κ3) is 2.91. The van der Waals surface area contributed by atoms with E-state index in [4.69, 9.17) is 10.3 Å². The van der Waals surface area contributed by atoms with E-state index < -0.39 is 10.0 Å². The Labute approximate surface area is 111 Å². The summed E-state index contributed by atoms with van der Waals surface area (Å²) >= 11 is 0. The van der Waals surface area contributed by atoms with Gasteiger partial charge in [-0.15, -0.1) is 0 Å². The molecule has 0 amide bonds. The average molecular weight is 282 g/mol. The van der Waals surface area contributed by atoms with E-state index in [1.54, 1.807) is 24.3 Å². The van der Waals surface area contributed by atoms with Gasteiger partial charge in [-0.2, -0.15) is 4.98 Å². The first kappa shape index (κ1) is 13.5. The van der Waals surface area contributed by atoms with Crippen molar-refractivity contribution >= 4 is 15.7 Å². The largest absolute Gasteiger partial charge is 0.338 e. The van der Waals surface area contributed by atoms with Gasteiger partial charge in [-0.3, -0.25) is 4.31 Å². The van der Waals surface area contributed by atoms with Crippen LogP contribution in [-0.4, -0.2) is 31.9 Å². The van der Waals surface area contributed by atoms with Gasteiger partial charge in [0.2, 0.25) is 21.7 Å². The first-order chi connectivity index (χ1) is 8.91. The minimum atomic E-state index is -3.31. The standard InChI is InChI=1S/C11H14N4O3S/c1-15(19(2,16)17)9-5-3-4-8(6-9)11-13-10(7-12)18-14-11/h3-6H,7,12H2,1-2H3. The molecule has 0 fully saturated rings. The highest BCUT2D eigenvalue weighted by molar-refractivity contribution is 7.92. The third-order valence-electron chi connectivity index (χ3n) is 2.61. The predicted octanol–water partition coefficient (Wildman–Crippen LogP) is 0.591. The van der Waals surface area contributed by atoms with Crippen LogP contribution < -0.4 is 10.0 Å². The first-order valence-electron chi connectivity index (χ1n) is 5.49. The van der Waals surface area contributed by atoms with Gasteiger partial charge in [0.05, 0.1) is 18.5 Å². The van der Waals surface area contributed by atoms with Crippen molar-refractivity contribution in [3.63, 3.8) is 0 Å². The lowest BCUT2D eigenvalue weighted by Gasteiger charge is -2.16. The zero-order valence-electron chi connectivity index (χ0n) is 10.6. The van der Waals surface area contributed by atoms with E-state index in [9.17, 15) is 8.42 Å². The van der Waals surface area contributed by atoms with E-state index in [-0.39, 0.29) is 6.54 Å². The molecular formula is C11H14N4O3S. The second-order valence-corrected chi connectivity index (χ2v) is 6.01. The smallest absolute Gasteiger partial charge is 0.240 e. The van der Waals surface area contributed by atoms with Crippen LogP contribution in [0, 0.1) is 0 Å². The van der Waals surface area contributed by atoms with Crippen LogP contribution in [0.25, 0.3) is 11.4 Å². The van der Waals surface area contributed by atoms with E-state index in [0.29, 0.717) is 23.0 Å². The molecule has 7 nitrogen and oxygen atoms in total. The molecule has 2 rings (SSSR count). The molecule has 2 aromatic rings. The molecule has 0 saturated heterocycles. The quantitative estimate of drug-likeness (QED) is 0.880. The molecule has 0 unspecified atom stereocenters.